The molecule has 4 aromatic rings. The lowest BCUT2D eigenvalue weighted by Gasteiger charge is -2.14. The average Bonchev–Trinajstić information content (AvgIpc) is 3.31. The summed E-state index contributed by atoms with van der Waals surface area (Å²) in [6.45, 7) is 0.138. The van der Waals surface area contributed by atoms with E-state index < -0.39 is 11.7 Å². The largest absolute Gasteiger partial charge is 0.494 e. The fourth-order valence-corrected chi connectivity index (χ4v) is 3.12. The number of nitrogens with zero attached hydrogens (tertiary/aromatic N) is 5. The first-order valence-electron chi connectivity index (χ1n) is 8.65. The zero-order valence-electron chi connectivity index (χ0n) is 15.6. The smallest absolute Gasteiger partial charge is 0.419 e. The lowest BCUT2D eigenvalue weighted by molar-refractivity contribution is -0.137. The highest BCUT2D eigenvalue weighted by Gasteiger charge is 2.33. The molecular formula is C19H17F3N6O. The van der Waals surface area contributed by atoms with E-state index in [1.807, 2.05) is 25.5 Å². The summed E-state index contributed by atoms with van der Waals surface area (Å²) in [7, 11) is 3.36. The van der Waals surface area contributed by atoms with Crippen molar-refractivity contribution in [2.24, 2.45) is 7.05 Å². The molecule has 0 bridgehead atoms. The number of methoxy groups -OCH3 is 1. The zero-order chi connectivity index (χ0) is 20.6. The normalized spacial score (nSPS) is 11.8. The van der Waals surface area contributed by atoms with E-state index in [-0.39, 0.29) is 12.2 Å². The Balaban J connectivity index is 1.68. The number of aromatic nitrogens is 5. The van der Waals surface area contributed by atoms with Crippen molar-refractivity contribution in [1.82, 2.24) is 24.4 Å². The molecule has 0 aliphatic rings. The maximum atomic E-state index is 13.2. The van der Waals surface area contributed by atoms with Gasteiger partial charge in [-0.25, -0.2) is 4.52 Å². The van der Waals surface area contributed by atoms with Crippen molar-refractivity contribution in [3.63, 3.8) is 0 Å². The van der Waals surface area contributed by atoms with E-state index in [0.717, 1.165) is 17.3 Å². The van der Waals surface area contributed by atoms with E-state index in [9.17, 15) is 13.2 Å². The number of pyridine rings is 2. The standard InChI is InChI=1S/C19H17F3N6O/c1-27-10-14(8-25-27)12-5-17(29-2)18-13(7-26-28(18)11-12)6-24-16-3-4-23-9-15(16)19(20,21)22/h3-5,7-11H,6H2,1-2H3,(H,23,24). The minimum Gasteiger partial charge on any atom is -0.494 e. The molecule has 150 valence electrons. The van der Waals surface area contributed by atoms with Gasteiger partial charge in [0, 0.05) is 60.8 Å². The van der Waals surface area contributed by atoms with Gasteiger partial charge in [-0.15, -0.1) is 0 Å². The number of alkyl halides is 3. The maximum Gasteiger partial charge on any atom is 0.419 e. The molecule has 0 amide bonds. The predicted molar refractivity (Wildman–Crippen MR) is 101 cm³/mol. The molecule has 0 saturated heterocycles. The van der Waals surface area contributed by atoms with Gasteiger partial charge in [0.25, 0.3) is 0 Å². The van der Waals surface area contributed by atoms with Crippen LogP contribution >= 0.6 is 0 Å². The molecule has 0 aliphatic heterocycles. The predicted octanol–water partition coefficient (Wildman–Crippen LogP) is 3.77. The van der Waals surface area contributed by atoms with Gasteiger partial charge in [-0.05, 0) is 12.1 Å². The second-order valence-electron chi connectivity index (χ2n) is 6.44. The Kier molecular flexibility index (Phi) is 4.61. The summed E-state index contributed by atoms with van der Waals surface area (Å²) >= 11 is 0. The molecule has 29 heavy (non-hydrogen) atoms. The molecule has 4 heterocycles. The highest BCUT2D eigenvalue weighted by molar-refractivity contribution is 5.73. The molecule has 1 N–H and O–H groups in total. The third kappa shape index (κ3) is 3.60. The van der Waals surface area contributed by atoms with Crippen molar-refractivity contribution >= 4 is 11.2 Å². The molecule has 0 unspecified atom stereocenters. The van der Waals surface area contributed by atoms with Gasteiger partial charge in [0.15, 0.2) is 0 Å². The van der Waals surface area contributed by atoms with Gasteiger partial charge in [-0.3, -0.25) is 9.67 Å². The summed E-state index contributed by atoms with van der Waals surface area (Å²) in [4.78, 5) is 3.57. The average molecular weight is 402 g/mol. The molecule has 0 radical (unpaired) electrons. The van der Waals surface area contributed by atoms with E-state index in [4.69, 9.17) is 4.74 Å². The molecule has 0 aliphatic carbocycles. The third-order valence-electron chi connectivity index (χ3n) is 4.51. The number of hydrogen-bond acceptors (Lipinski definition) is 5. The lowest BCUT2D eigenvalue weighted by Crippen LogP contribution is -2.11. The second kappa shape index (κ2) is 7.12. The molecule has 0 saturated carbocycles. The van der Waals surface area contributed by atoms with E-state index in [2.05, 4.69) is 20.5 Å². The van der Waals surface area contributed by atoms with Crippen LogP contribution in [0.5, 0.6) is 5.75 Å². The van der Waals surface area contributed by atoms with Gasteiger partial charge in [-0.1, -0.05) is 0 Å². The van der Waals surface area contributed by atoms with Crippen molar-refractivity contribution in [3.05, 3.63) is 60.4 Å². The zero-order valence-corrected chi connectivity index (χ0v) is 15.6. The third-order valence-corrected chi connectivity index (χ3v) is 4.51. The fraction of sp³-hybridized carbons (Fsp3) is 0.211. The number of anilines is 1. The van der Waals surface area contributed by atoms with E-state index >= 15 is 0 Å². The molecular weight excluding hydrogens is 385 g/mol. The molecule has 4 aromatic heterocycles. The molecule has 4 rings (SSSR count). The summed E-state index contributed by atoms with van der Waals surface area (Å²) in [5, 5.41) is 11.3. The van der Waals surface area contributed by atoms with Crippen LogP contribution in [0.3, 0.4) is 0 Å². The molecule has 7 nitrogen and oxygen atoms in total. The number of halogens is 3. The first-order chi connectivity index (χ1) is 13.9. The Bertz CT molecular complexity index is 1160. The summed E-state index contributed by atoms with van der Waals surface area (Å²) in [5.74, 6) is 0.562. The Morgan fingerprint density at radius 3 is 2.62 bits per heavy atom. The quantitative estimate of drug-likeness (QED) is 0.550. The summed E-state index contributed by atoms with van der Waals surface area (Å²) in [6, 6.07) is 3.15. The van der Waals surface area contributed by atoms with Crippen molar-refractivity contribution in [3.8, 4) is 16.9 Å². The number of hydrogen-bond donors (Lipinski definition) is 1. The monoisotopic (exact) mass is 402 g/mol. The first-order valence-corrected chi connectivity index (χ1v) is 8.65. The molecule has 0 fully saturated rings. The number of nitrogens with one attached hydrogen (secondary N) is 1. The lowest BCUT2D eigenvalue weighted by atomic mass is 10.1. The van der Waals surface area contributed by atoms with Crippen LogP contribution in [0.15, 0.2) is 49.3 Å². The van der Waals surface area contributed by atoms with Crippen LogP contribution < -0.4 is 10.1 Å². The van der Waals surface area contributed by atoms with Crippen LogP contribution in [0.4, 0.5) is 18.9 Å². The highest BCUT2D eigenvalue weighted by atomic mass is 19.4. The van der Waals surface area contributed by atoms with Gasteiger partial charge in [-0.2, -0.15) is 23.4 Å². The summed E-state index contributed by atoms with van der Waals surface area (Å²) < 4.78 is 48.4. The first kappa shape index (κ1) is 18.8. The molecule has 0 spiro atoms. The summed E-state index contributed by atoms with van der Waals surface area (Å²) in [5.41, 5.74) is 2.27. The number of rotatable bonds is 5. The minimum absolute atomic E-state index is 0.0437. The van der Waals surface area contributed by atoms with Gasteiger partial charge in [0.2, 0.25) is 0 Å². The van der Waals surface area contributed by atoms with Crippen LogP contribution in [0.25, 0.3) is 16.6 Å². The number of ether oxygens (including phenoxy) is 1. The maximum absolute atomic E-state index is 13.2. The summed E-state index contributed by atoms with van der Waals surface area (Å²) in [6.07, 6.45) is 4.66. The van der Waals surface area contributed by atoms with Gasteiger partial charge in [0.1, 0.15) is 11.3 Å². The second-order valence-corrected chi connectivity index (χ2v) is 6.44. The Hall–Kier alpha value is -3.56. The molecule has 0 aromatic carbocycles. The van der Waals surface area contributed by atoms with Crippen molar-refractivity contribution < 1.29 is 17.9 Å². The molecule has 0 atom stereocenters. The van der Waals surface area contributed by atoms with Crippen LogP contribution in [0, 0.1) is 0 Å². The topological polar surface area (TPSA) is 69.3 Å². The van der Waals surface area contributed by atoms with Gasteiger partial charge >= 0.3 is 6.18 Å². The van der Waals surface area contributed by atoms with Crippen molar-refractivity contribution in [2.45, 2.75) is 12.7 Å². The minimum atomic E-state index is -4.49. The Morgan fingerprint density at radius 1 is 1.10 bits per heavy atom. The fourth-order valence-electron chi connectivity index (χ4n) is 3.12. The number of fused-ring (bicyclic) bond motifs is 1. The Labute approximate surface area is 163 Å². The highest BCUT2D eigenvalue weighted by Crippen LogP contribution is 2.35. The number of aryl methyl sites for hydroxylation is 1. The van der Waals surface area contributed by atoms with E-state index in [1.54, 1.807) is 21.6 Å². The van der Waals surface area contributed by atoms with Gasteiger partial charge < -0.3 is 10.1 Å². The van der Waals surface area contributed by atoms with Crippen LogP contribution in [0.2, 0.25) is 0 Å². The van der Waals surface area contributed by atoms with Gasteiger partial charge in [0.05, 0.1) is 25.1 Å². The van der Waals surface area contributed by atoms with Crippen molar-refractivity contribution in [2.75, 3.05) is 12.4 Å². The van der Waals surface area contributed by atoms with Crippen LogP contribution in [-0.4, -0.2) is 31.5 Å². The Morgan fingerprint density at radius 2 is 1.93 bits per heavy atom. The van der Waals surface area contributed by atoms with Crippen molar-refractivity contribution in [1.29, 1.82) is 0 Å². The van der Waals surface area contributed by atoms with E-state index in [0.29, 0.717) is 16.8 Å². The van der Waals surface area contributed by atoms with Crippen LogP contribution in [-0.2, 0) is 19.8 Å². The molecule has 10 heteroatoms. The van der Waals surface area contributed by atoms with E-state index in [1.165, 1.54) is 19.4 Å². The van der Waals surface area contributed by atoms with Crippen LogP contribution in [0.1, 0.15) is 11.1 Å². The SMILES string of the molecule is COc1cc(-c2cnn(C)c2)cn2ncc(CNc3ccncc3C(F)(F)F)c12.